The van der Waals surface area contributed by atoms with Crippen LogP contribution in [0, 0.1) is 11.8 Å². The van der Waals surface area contributed by atoms with Crippen LogP contribution in [-0.2, 0) is 0 Å². The average Bonchev–Trinajstić information content (AvgIpc) is 2.96. The topological polar surface area (TPSA) is 80.9 Å². The quantitative estimate of drug-likeness (QED) is 0.798. The van der Waals surface area contributed by atoms with Gasteiger partial charge in [0.15, 0.2) is 0 Å². The molecule has 0 bridgehead atoms. The van der Waals surface area contributed by atoms with Crippen LogP contribution in [0.25, 0.3) is 0 Å². The van der Waals surface area contributed by atoms with Crippen molar-refractivity contribution in [2.24, 2.45) is 5.73 Å². The Morgan fingerprint density at radius 2 is 2.41 bits per heavy atom. The predicted molar refractivity (Wildman–Crippen MR) is 68.1 cm³/mol. The summed E-state index contributed by atoms with van der Waals surface area (Å²) in [5, 5.41) is 12.3. The van der Waals surface area contributed by atoms with Crippen LogP contribution in [0.2, 0.25) is 0 Å². The molecule has 86 valence electrons. The SMILES string of the molecule is NCC#Cc1ccsc1C(=O)Nc1nncs1. The van der Waals surface area contributed by atoms with E-state index in [1.807, 2.05) is 5.38 Å². The third kappa shape index (κ3) is 2.88. The molecule has 0 aromatic carbocycles. The van der Waals surface area contributed by atoms with E-state index in [1.54, 1.807) is 11.6 Å². The molecule has 2 heterocycles. The van der Waals surface area contributed by atoms with Gasteiger partial charge in [0.25, 0.3) is 5.91 Å². The van der Waals surface area contributed by atoms with Crippen molar-refractivity contribution in [3.05, 3.63) is 27.4 Å². The number of thiophene rings is 1. The van der Waals surface area contributed by atoms with Crippen molar-refractivity contribution < 1.29 is 4.79 Å². The number of nitrogens with one attached hydrogen (secondary N) is 1. The zero-order valence-electron chi connectivity index (χ0n) is 8.64. The number of rotatable bonds is 2. The van der Waals surface area contributed by atoms with Gasteiger partial charge in [0.2, 0.25) is 5.13 Å². The molecule has 0 saturated heterocycles. The lowest BCUT2D eigenvalue weighted by atomic mass is 10.2. The molecule has 2 aromatic heterocycles. The Labute approximate surface area is 106 Å². The molecule has 2 aromatic rings. The van der Waals surface area contributed by atoms with Crippen LogP contribution < -0.4 is 11.1 Å². The van der Waals surface area contributed by atoms with E-state index in [9.17, 15) is 4.79 Å². The fourth-order valence-electron chi connectivity index (χ4n) is 1.11. The molecule has 0 fully saturated rings. The zero-order valence-corrected chi connectivity index (χ0v) is 10.3. The zero-order chi connectivity index (χ0) is 12.1. The Kier molecular flexibility index (Phi) is 3.82. The number of amides is 1. The maximum Gasteiger partial charge on any atom is 0.268 e. The molecule has 0 saturated carbocycles. The van der Waals surface area contributed by atoms with Crippen molar-refractivity contribution in [3.8, 4) is 11.8 Å². The first-order valence-corrected chi connectivity index (χ1v) is 6.41. The summed E-state index contributed by atoms with van der Waals surface area (Å²) in [6.45, 7) is 0.271. The van der Waals surface area contributed by atoms with Gasteiger partial charge in [-0.2, -0.15) is 0 Å². The average molecular weight is 264 g/mol. The summed E-state index contributed by atoms with van der Waals surface area (Å²) in [6.07, 6.45) is 0. The van der Waals surface area contributed by atoms with Crippen molar-refractivity contribution >= 4 is 33.7 Å². The predicted octanol–water partition coefficient (Wildman–Crippen LogP) is 1.16. The van der Waals surface area contributed by atoms with E-state index in [0.717, 1.165) is 0 Å². The van der Waals surface area contributed by atoms with Crippen LogP contribution in [-0.4, -0.2) is 22.6 Å². The Morgan fingerprint density at radius 3 is 3.12 bits per heavy atom. The van der Waals surface area contributed by atoms with Crippen LogP contribution >= 0.6 is 22.7 Å². The molecule has 0 aliphatic rings. The van der Waals surface area contributed by atoms with Crippen LogP contribution in [0.3, 0.4) is 0 Å². The van der Waals surface area contributed by atoms with Crippen molar-refractivity contribution in [1.29, 1.82) is 0 Å². The highest BCUT2D eigenvalue weighted by Gasteiger charge is 2.13. The van der Waals surface area contributed by atoms with Crippen molar-refractivity contribution in [3.63, 3.8) is 0 Å². The number of hydrogen-bond acceptors (Lipinski definition) is 6. The van der Waals surface area contributed by atoms with Crippen LogP contribution in [0.4, 0.5) is 5.13 Å². The number of carbonyl (C=O) groups is 1. The minimum Gasteiger partial charge on any atom is -0.320 e. The van der Waals surface area contributed by atoms with Gasteiger partial charge < -0.3 is 5.73 Å². The maximum atomic E-state index is 11.9. The molecule has 7 heteroatoms. The summed E-state index contributed by atoms with van der Waals surface area (Å²) in [4.78, 5) is 12.5. The third-order valence-corrected chi connectivity index (χ3v) is 3.30. The molecule has 0 aliphatic heterocycles. The molecule has 0 aliphatic carbocycles. The summed E-state index contributed by atoms with van der Waals surface area (Å²) in [5.41, 5.74) is 7.53. The lowest BCUT2D eigenvalue weighted by Crippen LogP contribution is -2.11. The van der Waals surface area contributed by atoms with Gasteiger partial charge in [-0.3, -0.25) is 10.1 Å². The van der Waals surface area contributed by atoms with Gasteiger partial charge in [0.1, 0.15) is 10.4 Å². The van der Waals surface area contributed by atoms with E-state index in [2.05, 4.69) is 27.4 Å². The number of carbonyl (C=O) groups excluding carboxylic acids is 1. The van der Waals surface area contributed by atoms with Gasteiger partial charge in [0.05, 0.1) is 6.54 Å². The molecule has 0 atom stereocenters. The highest BCUT2D eigenvalue weighted by atomic mass is 32.1. The molecule has 0 radical (unpaired) electrons. The number of anilines is 1. The summed E-state index contributed by atoms with van der Waals surface area (Å²) in [5.74, 6) is 5.36. The van der Waals surface area contributed by atoms with E-state index < -0.39 is 0 Å². The highest BCUT2D eigenvalue weighted by Crippen LogP contribution is 2.18. The fraction of sp³-hybridized carbons (Fsp3) is 0.100. The monoisotopic (exact) mass is 264 g/mol. The first kappa shape index (κ1) is 11.7. The number of aromatic nitrogens is 2. The van der Waals surface area contributed by atoms with Crippen LogP contribution in [0.1, 0.15) is 15.2 Å². The molecular weight excluding hydrogens is 256 g/mol. The van der Waals surface area contributed by atoms with Crippen molar-refractivity contribution in [2.45, 2.75) is 0 Å². The summed E-state index contributed by atoms with van der Waals surface area (Å²) >= 11 is 2.60. The second-order valence-electron chi connectivity index (χ2n) is 2.87. The van der Waals surface area contributed by atoms with E-state index >= 15 is 0 Å². The Morgan fingerprint density at radius 1 is 1.53 bits per heavy atom. The van der Waals surface area contributed by atoms with E-state index in [0.29, 0.717) is 15.6 Å². The smallest absolute Gasteiger partial charge is 0.268 e. The Hall–Kier alpha value is -1.75. The second kappa shape index (κ2) is 5.54. The minimum atomic E-state index is -0.224. The van der Waals surface area contributed by atoms with Crippen molar-refractivity contribution in [1.82, 2.24) is 10.2 Å². The fourth-order valence-corrected chi connectivity index (χ4v) is 2.30. The number of nitrogens with zero attached hydrogens (tertiary/aromatic N) is 2. The highest BCUT2D eigenvalue weighted by molar-refractivity contribution is 7.14. The van der Waals surface area contributed by atoms with Gasteiger partial charge in [-0.1, -0.05) is 23.2 Å². The Bertz CT molecular complexity index is 565. The lowest BCUT2D eigenvalue weighted by Gasteiger charge is -1.98. The second-order valence-corrected chi connectivity index (χ2v) is 4.62. The Balaban J connectivity index is 2.17. The van der Waals surface area contributed by atoms with Crippen molar-refractivity contribution in [2.75, 3.05) is 11.9 Å². The van der Waals surface area contributed by atoms with Gasteiger partial charge >= 0.3 is 0 Å². The van der Waals surface area contributed by atoms with Gasteiger partial charge in [-0.15, -0.1) is 21.5 Å². The molecule has 0 unspecified atom stereocenters. The summed E-state index contributed by atoms with van der Waals surface area (Å²) in [7, 11) is 0. The van der Waals surface area contributed by atoms with Gasteiger partial charge in [0, 0.05) is 5.56 Å². The molecule has 1 amide bonds. The summed E-state index contributed by atoms with van der Waals surface area (Å²) < 4.78 is 0. The maximum absolute atomic E-state index is 11.9. The molecule has 17 heavy (non-hydrogen) atoms. The van der Waals surface area contributed by atoms with Gasteiger partial charge in [-0.05, 0) is 11.4 Å². The number of nitrogens with two attached hydrogens (primary N) is 1. The van der Waals surface area contributed by atoms with E-state index in [4.69, 9.17) is 5.73 Å². The molecule has 3 N–H and O–H groups in total. The minimum absolute atomic E-state index is 0.224. The lowest BCUT2D eigenvalue weighted by molar-refractivity contribution is 0.103. The molecule has 2 rings (SSSR count). The molecule has 5 nitrogen and oxygen atoms in total. The molecular formula is C10H8N4OS2. The van der Waals surface area contributed by atoms with Crippen LogP contribution in [0.5, 0.6) is 0 Å². The van der Waals surface area contributed by atoms with E-state index in [1.165, 1.54) is 22.7 Å². The number of hydrogen-bond donors (Lipinski definition) is 2. The first-order valence-electron chi connectivity index (χ1n) is 4.65. The van der Waals surface area contributed by atoms with Crippen LogP contribution in [0.15, 0.2) is 17.0 Å². The third-order valence-electron chi connectivity index (χ3n) is 1.78. The standard InChI is InChI=1S/C10H8N4OS2/c11-4-1-2-7-3-5-16-8(7)9(15)13-10-14-12-6-17-10/h3,5-6H,4,11H2,(H,13,14,15). The van der Waals surface area contributed by atoms with E-state index in [-0.39, 0.29) is 12.5 Å². The normalized spacial score (nSPS) is 9.47. The largest absolute Gasteiger partial charge is 0.320 e. The van der Waals surface area contributed by atoms with Gasteiger partial charge in [-0.25, -0.2) is 0 Å². The summed E-state index contributed by atoms with van der Waals surface area (Å²) in [6, 6.07) is 1.79. The first-order chi connectivity index (χ1) is 8.31. The molecule has 0 spiro atoms.